The lowest BCUT2D eigenvalue weighted by atomic mass is 10.2. The van der Waals surface area contributed by atoms with Gasteiger partial charge in [0, 0.05) is 5.92 Å². The molecule has 0 amide bonds. The molecule has 1 aromatic rings. The van der Waals surface area contributed by atoms with Crippen molar-refractivity contribution >= 4 is 5.97 Å². The van der Waals surface area contributed by atoms with E-state index in [4.69, 9.17) is 0 Å². The van der Waals surface area contributed by atoms with Crippen LogP contribution >= 0.6 is 0 Å². The smallest absolute Gasteiger partial charge is 0.384 e. The van der Waals surface area contributed by atoms with Crippen LogP contribution in [0.15, 0.2) is 18.2 Å². The van der Waals surface area contributed by atoms with Crippen molar-refractivity contribution < 1.29 is 18.3 Å². The number of hydrogen-bond donors (Lipinski definition) is 0. The highest BCUT2D eigenvalue weighted by atomic mass is 19.2. The van der Waals surface area contributed by atoms with Gasteiger partial charge in [0.25, 0.3) is 0 Å². The Labute approximate surface area is 85.9 Å². The summed E-state index contributed by atoms with van der Waals surface area (Å²) in [6, 6.07) is 3.57. The molecule has 0 heterocycles. The van der Waals surface area contributed by atoms with Crippen LogP contribution in [0.25, 0.3) is 0 Å². The van der Waals surface area contributed by atoms with Crippen LogP contribution in [-0.2, 0) is 9.53 Å². The summed E-state index contributed by atoms with van der Waals surface area (Å²) in [6.45, 7) is 1.82. The molecule has 0 saturated heterocycles. The molecule has 0 spiro atoms. The van der Waals surface area contributed by atoms with Gasteiger partial charge in [-0.05, 0) is 19.1 Å². The number of hydrogen-bond acceptors (Lipinski definition) is 2. The standard InChI is InChI=1S/C11H8F2O2/c1-2-15-10(14)7-6-8-4-3-5-9(12)11(8)13/h3-5H,2H2,1H3. The van der Waals surface area contributed by atoms with Crippen molar-refractivity contribution in [3.8, 4) is 11.8 Å². The summed E-state index contributed by atoms with van der Waals surface area (Å²) in [4.78, 5) is 10.8. The van der Waals surface area contributed by atoms with Gasteiger partial charge in [-0.25, -0.2) is 13.6 Å². The van der Waals surface area contributed by atoms with Gasteiger partial charge in [0.1, 0.15) is 0 Å². The summed E-state index contributed by atoms with van der Waals surface area (Å²) in [6.07, 6.45) is 0. The molecule has 0 atom stereocenters. The predicted octanol–water partition coefficient (Wildman–Crippen LogP) is 1.88. The molecule has 2 nitrogen and oxygen atoms in total. The zero-order chi connectivity index (χ0) is 11.3. The fraction of sp³-hybridized carbons (Fsp3) is 0.182. The van der Waals surface area contributed by atoms with Crippen LogP contribution in [0, 0.1) is 23.5 Å². The summed E-state index contributed by atoms with van der Waals surface area (Å²) in [5.41, 5.74) is -0.164. The molecule has 4 heteroatoms. The lowest BCUT2D eigenvalue weighted by Gasteiger charge is -1.94. The van der Waals surface area contributed by atoms with Crippen LogP contribution in [0.4, 0.5) is 8.78 Å². The third-order valence-electron chi connectivity index (χ3n) is 1.53. The van der Waals surface area contributed by atoms with Crippen LogP contribution in [0.5, 0.6) is 0 Å². The van der Waals surface area contributed by atoms with E-state index in [0.717, 1.165) is 6.07 Å². The number of ether oxygens (including phenoxy) is 1. The first-order chi connectivity index (χ1) is 7.15. The predicted molar refractivity (Wildman–Crippen MR) is 49.9 cm³/mol. The molecule has 0 aromatic heterocycles. The van der Waals surface area contributed by atoms with E-state index in [1.54, 1.807) is 6.92 Å². The maximum absolute atomic E-state index is 13.0. The van der Waals surface area contributed by atoms with E-state index >= 15 is 0 Å². The van der Waals surface area contributed by atoms with Crippen molar-refractivity contribution in [3.05, 3.63) is 35.4 Å². The number of benzene rings is 1. The molecule has 0 aliphatic carbocycles. The molecular weight excluding hydrogens is 202 g/mol. The van der Waals surface area contributed by atoms with Crippen molar-refractivity contribution in [2.45, 2.75) is 6.92 Å². The fourth-order valence-corrected chi connectivity index (χ4v) is 0.886. The van der Waals surface area contributed by atoms with E-state index in [-0.39, 0.29) is 12.2 Å². The molecule has 0 unspecified atom stereocenters. The summed E-state index contributed by atoms with van der Waals surface area (Å²) in [5, 5.41) is 0. The normalized spacial score (nSPS) is 9.00. The monoisotopic (exact) mass is 210 g/mol. The van der Waals surface area contributed by atoms with Gasteiger partial charge in [-0.2, -0.15) is 0 Å². The molecule has 0 aliphatic heterocycles. The van der Waals surface area contributed by atoms with Crippen LogP contribution < -0.4 is 0 Å². The topological polar surface area (TPSA) is 26.3 Å². The maximum atomic E-state index is 13.0. The third kappa shape index (κ3) is 3.06. The highest BCUT2D eigenvalue weighted by Gasteiger charge is 2.04. The second kappa shape index (κ2) is 5.11. The summed E-state index contributed by atoms with van der Waals surface area (Å²) in [5.74, 6) is 1.43. The van der Waals surface area contributed by atoms with E-state index in [9.17, 15) is 13.6 Å². The molecule has 0 aliphatic rings. The van der Waals surface area contributed by atoms with Gasteiger partial charge in [0.05, 0.1) is 12.2 Å². The maximum Gasteiger partial charge on any atom is 0.384 e. The Balaban J connectivity index is 2.89. The summed E-state index contributed by atoms with van der Waals surface area (Å²) in [7, 11) is 0. The van der Waals surface area contributed by atoms with Gasteiger partial charge in [0.2, 0.25) is 0 Å². The minimum absolute atomic E-state index is 0.164. The number of carbonyl (C=O) groups is 1. The third-order valence-corrected chi connectivity index (χ3v) is 1.53. The molecule has 15 heavy (non-hydrogen) atoms. The fourth-order valence-electron chi connectivity index (χ4n) is 0.886. The van der Waals surface area contributed by atoms with Gasteiger partial charge in [-0.3, -0.25) is 0 Å². The lowest BCUT2D eigenvalue weighted by Crippen LogP contribution is -2.00. The summed E-state index contributed by atoms with van der Waals surface area (Å²) >= 11 is 0. The molecule has 78 valence electrons. The minimum Gasteiger partial charge on any atom is -0.456 e. The Morgan fingerprint density at radius 2 is 2.20 bits per heavy atom. The molecule has 0 fully saturated rings. The van der Waals surface area contributed by atoms with Crippen molar-refractivity contribution in [2.75, 3.05) is 6.61 Å². The quantitative estimate of drug-likeness (QED) is 0.522. The Morgan fingerprint density at radius 1 is 1.47 bits per heavy atom. The number of halogens is 2. The Hall–Kier alpha value is -1.89. The van der Waals surface area contributed by atoms with Crippen LogP contribution in [0.1, 0.15) is 12.5 Å². The van der Waals surface area contributed by atoms with Crippen molar-refractivity contribution in [1.82, 2.24) is 0 Å². The Kier molecular flexibility index (Phi) is 3.81. The molecule has 1 aromatic carbocycles. The highest BCUT2D eigenvalue weighted by Crippen LogP contribution is 2.09. The van der Waals surface area contributed by atoms with Crippen molar-refractivity contribution in [2.24, 2.45) is 0 Å². The van der Waals surface area contributed by atoms with E-state index in [2.05, 4.69) is 16.6 Å². The highest BCUT2D eigenvalue weighted by molar-refractivity contribution is 5.89. The van der Waals surface area contributed by atoms with Gasteiger partial charge < -0.3 is 4.74 Å². The van der Waals surface area contributed by atoms with E-state index in [0.29, 0.717) is 0 Å². The molecule has 0 saturated carbocycles. The lowest BCUT2D eigenvalue weighted by molar-refractivity contribution is -0.136. The Bertz CT molecular complexity index is 430. The van der Waals surface area contributed by atoms with Gasteiger partial charge in [-0.15, -0.1) is 0 Å². The van der Waals surface area contributed by atoms with E-state index in [1.807, 2.05) is 0 Å². The second-order valence-corrected chi connectivity index (χ2v) is 2.57. The average Bonchev–Trinajstić information content (AvgIpc) is 2.21. The first-order valence-corrected chi connectivity index (χ1v) is 4.28. The van der Waals surface area contributed by atoms with E-state index < -0.39 is 17.6 Å². The summed E-state index contributed by atoms with van der Waals surface area (Å²) < 4.78 is 30.2. The number of carbonyl (C=O) groups excluding carboxylic acids is 1. The molecule has 1 rings (SSSR count). The van der Waals surface area contributed by atoms with Crippen LogP contribution in [0.3, 0.4) is 0 Å². The first kappa shape index (κ1) is 11.2. The number of esters is 1. The average molecular weight is 210 g/mol. The van der Waals surface area contributed by atoms with Crippen LogP contribution in [0.2, 0.25) is 0 Å². The molecule has 0 radical (unpaired) electrons. The van der Waals surface area contributed by atoms with Gasteiger partial charge in [-0.1, -0.05) is 12.0 Å². The molecule has 0 bridgehead atoms. The zero-order valence-corrected chi connectivity index (χ0v) is 8.01. The molecular formula is C11H8F2O2. The second-order valence-electron chi connectivity index (χ2n) is 2.57. The van der Waals surface area contributed by atoms with Gasteiger partial charge >= 0.3 is 5.97 Å². The largest absolute Gasteiger partial charge is 0.456 e. The van der Waals surface area contributed by atoms with Gasteiger partial charge in [0.15, 0.2) is 11.6 Å². The minimum atomic E-state index is -1.06. The zero-order valence-electron chi connectivity index (χ0n) is 8.01. The van der Waals surface area contributed by atoms with Crippen molar-refractivity contribution in [1.29, 1.82) is 0 Å². The van der Waals surface area contributed by atoms with Crippen molar-refractivity contribution in [3.63, 3.8) is 0 Å². The van der Waals surface area contributed by atoms with E-state index in [1.165, 1.54) is 12.1 Å². The molecule has 0 N–H and O–H groups in total. The number of rotatable bonds is 1. The first-order valence-electron chi connectivity index (χ1n) is 4.28. The SMILES string of the molecule is CCOC(=O)C#Cc1cccc(F)c1F. The van der Waals surface area contributed by atoms with Crippen LogP contribution in [-0.4, -0.2) is 12.6 Å². The Morgan fingerprint density at radius 3 is 2.87 bits per heavy atom.